The number of hydrogen-bond acceptors (Lipinski definition) is 3. The number of nitrogens with one attached hydrogen (secondary N) is 1. The maximum Gasteiger partial charge on any atom is 0.418 e. The number of benzene rings is 2. The van der Waals surface area contributed by atoms with Crippen LogP contribution in [0.25, 0.3) is 16.6 Å². The summed E-state index contributed by atoms with van der Waals surface area (Å²) in [7, 11) is 1.92. The highest BCUT2D eigenvalue weighted by Crippen LogP contribution is 2.51. The predicted molar refractivity (Wildman–Crippen MR) is 137 cm³/mol. The third-order valence-electron chi connectivity index (χ3n) is 8.19. The zero-order chi connectivity index (χ0) is 28.0. The van der Waals surface area contributed by atoms with Crippen molar-refractivity contribution in [2.24, 2.45) is 11.8 Å². The fourth-order valence-electron chi connectivity index (χ4n) is 6.12. The zero-order valence-corrected chi connectivity index (χ0v) is 21.5. The van der Waals surface area contributed by atoms with E-state index >= 15 is 0 Å². The van der Waals surface area contributed by atoms with E-state index in [4.69, 9.17) is 0 Å². The van der Waals surface area contributed by atoms with Gasteiger partial charge < -0.3 is 15.0 Å². The number of aryl methyl sites for hydroxylation is 1. The number of rotatable bonds is 8. The molecule has 1 aromatic heterocycles. The Morgan fingerprint density at radius 1 is 1.03 bits per heavy atom. The second-order valence-electron chi connectivity index (χ2n) is 10.9. The number of fused-ring (bicyclic) bond motifs is 3. The molecule has 2 N–H and O–H groups in total. The molecule has 39 heavy (non-hydrogen) atoms. The fraction of sp³-hybridized carbons (Fsp3) is 0.483. The van der Waals surface area contributed by atoms with E-state index in [2.05, 4.69) is 33.1 Å². The molecule has 3 aromatic rings. The van der Waals surface area contributed by atoms with Crippen molar-refractivity contribution in [2.75, 3.05) is 20.1 Å². The number of aromatic nitrogens is 2. The van der Waals surface area contributed by atoms with E-state index in [0.717, 1.165) is 19.3 Å². The minimum absolute atomic E-state index is 0.103. The van der Waals surface area contributed by atoms with Gasteiger partial charge in [0.1, 0.15) is 11.3 Å². The van der Waals surface area contributed by atoms with Gasteiger partial charge in [0.25, 0.3) is 0 Å². The van der Waals surface area contributed by atoms with Crippen LogP contribution in [0.1, 0.15) is 54.6 Å². The van der Waals surface area contributed by atoms with Crippen LogP contribution in [0.4, 0.5) is 26.3 Å². The maximum absolute atomic E-state index is 13.4. The molecular weight excluding hydrogens is 520 g/mol. The summed E-state index contributed by atoms with van der Waals surface area (Å²) in [5.41, 5.74) is -1.77. The molecule has 1 saturated carbocycles. The summed E-state index contributed by atoms with van der Waals surface area (Å²) in [4.78, 5) is 8.69. The first kappa shape index (κ1) is 27.7. The first-order chi connectivity index (χ1) is 18.3. The fourth-order valence-corrected chi connectivity index (χ4v) is 6.12. The largest absolute Gasteiger partial charge is 0.418 e. The number of aromatic amines is 1. The average molecular weight is 552 g/mol. The van der Waals surface area contributed by atoms with E-state index in [1.165, 1.54) is 11.1 Å². The topological polar surface area (TPSA) is 52.2 Å². The number of alkyl halides is 6. The highest BCUT2D eigenvalue weighted by molar-refractivity contribution is 5.80. The molecule has 0 aliphatic heterocycles. The molecule has 1 heterocycles. The van der Waals surface area contributed by atoms with Gasteiger partial charge in [-0.05, 0) is 74.9 Å². The maximum atomic E-state index is 13.4. The number of allylic oxidation sites excluding steroid dienone is 1. The molecule has 0 amide bonds. The summed E-state index contributed by atoms with van der Waals surface area (Å²) in [6, 6.07) is 11.1. The molecule has 0 radical (unpaired) electrons. The zero-order valence-electron chi connectivity index (χ0n) is 21.5. The quantitative estimate of drug-likeness (QED) is 0.294. The van der Waals surface area contributed by atoms with Crippen molar-refractivity contribution in [3.63, 3.8) is 0 Å². The van der Waals surface area contributed by atoms with Crippen LogP contribution in [0.5, 0.6) is 0 Å². The summed E-state index contributed by atoms with van der Waals surface area (Å²) in [6.45, 7) is 1.26. The molecule has 2 aromatic carbocycles. The first-order valence-electron chi connectivity index (χ1n) is 13.2. The second-order valence-corrected chi connectivity index (χ2v) is 10.9. The Hall–Kier alpha value is -2.85. The van der Waals surface area contributed by atoms with E-state index in [-0.39, 0.29) is 29.7 Å². The molecule has 1 fully saturated rings. The molecular formula is C29H31F6N3O. The van der Waals surface area contributed by atoms with Crippen LogP contribution in [0.15, 0.2) is 48.5 Å². The molecule has 2 bridgehead atoms. The van der Waals surface area contributed by atoms with E-state index in [1.54, 1.807) is 0 Å². The Morgan fingerprint density at radius 2 is 1.77 bits per heavy atom. The van der Waals surface area contributed by atoms with Gasteiger partial charge in [0.2, 0.25) is 0 Å². The number of imidazole rings is 1. The predicted octanol–water partition coefficient (Wildman–Crippen LogP) is 7.10. The van der Waals surface area contributed by atoms with Crippen molar-refractivity contribution < 1.29 is 31.4 Å². The lowest BCUT2D eigenvalue weighted by molar-refractivity contribution is -0.142. The van der Waals surface area contributed by atoms with Gasteiger partial charge in [-0.3, -0.25) is 0 Å². The van der Waals surface area contributed by atoms with Gasteiger partial charge in [0, 0.05) is 18.9 Å². The Kier molecular flexibility index (Phi) is 7.30. The van der Waals surface area contributed by atoms with Crippen molar-refractivity contribution in [3.8, 4) is 0 Å². The van der Waals surface area contributed by atoms with E-state index in [1.807, 2.05) is 25.2 Å². The van der Waals surface area contributed by atoms with Crippen LogP contribution in [-0.2, 0) is 18.8 Å². The Balaban J connectivity index is 1.18. The average Bonchev–Trinajstić information content (AvgIpc) is 3.29. The molecule has 10 heteroatoms. The van der Waals surface area contributed by atoms with Crippen molar-refractivity contribution in [2.45, 2.75) is 56.5 Å². The monoisotopic (exact) mass is 551 g/mol. The van der Waals surface area contributed by atoms with E-state index < -0.39 is 34.6 Å². The van der Waals surface area contributed by atoms with Gasteiger partial charge in [0.15, 0.2) is 0 Å². The second kappa shape index (κ2) is 10.3. The Bertz CT molecular complexity index is 1350. The summed E-state index contributed by atoms with van der Waals surface area (Å²) >= 11 is 0. The SMILES string of the molecule is CN(CCCc1nc2c(C(F)(F)F)cc(C(F)(F)F)cc2[nH]1)CCC1(O)CC2CCC1C=C2c1ccccc1. The van der Waals surface area contributed by atoms with Crippen LogP contribution in [0, 0.1) is 11.8 Å². The summed E-state index contributed by atoms with van der Waals surface area (Å²) < 4.78 is 79.7. The molecule has 4 nitrogen and oxygen atoms in total. The molecule has 0 spiro atoms. The lowest BCUT2D eigenvalue weighted by Gasteiger charge is -2.48. The van der Waals surface area contributed by atoms with Crippen LogP contribution in [0.3, 0.4) is 0 Å². The van der Waals surface area contributed by atoms with Gasteiger partial charge >= 0.3 is 12.4 Å². The highest BCUT2D eigenvalue weighted by atomic mass is 19.4. The summed E-state index contributed by atoms with van der Waals surface area (Å²) in [5.74, 6) is 0.649. The molecule has 3 unspecified atom stereocenters. The van der Waals surface area contributed by atoms with Crippen molar-refractivity contribution in [3.05, 3.63) is 71.1 Å². The first-order valence-corrected chi connectivity index (χ1v) is 13.2. The van der Waals surface area contributed by atoms with Gasteiger partial charge in [0.05, 0.1) is 22.2 Å². The van der Waals surface area contributed by atoms with Gasteiger partial charge in [-0.15, -0.1) is 0 Å². The minimum atomic E-state index is -4.96. The summed E-state index contributed by atoms with van der Waals surface area (Å²) in [5, 5.41) is 11.5. The highest BCUT2D eigenvalue weighted by Gasteiger charge is 2.46. The molecule has 210 valence electrons. The number of hydrogen-bond donors (Lipinski definition) is 2. The normalized spacial score (nSPS) is 23.6. The summed E-state index contributed by atoms with van der Waals surface area (Å²) in [6.07, 6.45) is -3.40. The standard InChI is InChI=1S/C29H31F6N3O/c1-38(13-11-27(39)17-19-9-10-20(27)14-22(19)18-6-3-2-4-7-18)12-5-8-25-36-24-16-21(28(30,31)32)15-23(26(24)37-25)29(33,34)35/h2-4,6-7,14-16,19-20,39H,5,8-13,17H2,1H3,(H,36,37). The molecule has 3 aliphatic carbocycles. The molecule has 0 saturated heterocycles. The van der Waals surface area contributed by atoms with Crippen LogP contribution < -0.4 is 0 Å². The number of nitrogens with zero attached hydrogens (tertiary/aromatic N) is 2. The number of halogens is 6. The van der Waals surface area contributed by atoms with Gasteiger partial charge in [-0.1, -0.05) is 36.4 Å². The Morgan fingerprint density at radius 3 is 2.41 bits per heavy atom. The van der Waals surface area contributed by atoms with Crippen molar-refractivity contribution in [1.82, 2.24) is 14.9 Å². The van der Waals surface area contributed by atoms with Crippen LogP contribution in [-0.4, -0.2) is 45.7 Å². The molecule has 3 aliphatic rings. The smallest absolute Gasteiger partial charge is 0.389 e. The molecule has 3 atom stereocenters. The van der Waals surface area contributed by atoms with Gasteiger partial charge in [-0.2, -0.15) is 26.3 Å². The van der Waals surface area contributed by atoms with Gasteiger partial charge in [-0.25, -0.2) is 4.98 Å². The number of aliphatic hydroxyl groups is 1. The van der Waals surface area contributed by atoms with Crippen molar-refractivity contribution >= 4 is 16.6 Å². The minimum Gasteiger partial charge on any atom is -0.389 e. The lowest BCUT2D eigenvalue weighted by Crippen LogP contribution is -2.48. The Labute approximate surface area is 222 Å². The third kappa shape index (κ3) is 5.87. The lowest BCUT2D eigenvalue weighted by atomic mass is 9.61. The van der Waals surface area contributed by atoms with Crippen molar-refractivity contribution in [1.29, 1.82) is 0 Å². The third-order valence-corrected chi connectivity index (χ3v) is 8.19. The molecule has 6 rings (SSSR count). The van der Waals surface area contributed by atoms with Crippen LogP contribution >= 0.6 is 0 Å². The van der Waals surface area contributed by atoms with E-state index in [9.17, 15) is 31.4 Å². The van der Waals surface area contributed by atoms with Crippen LogP contribution in [0.2, 0.25) is 0 Å². The number of H-pyrrole nitrogens is 1. The van der Waals surface area contributed by atoms with E-state index in [0.29, 0.717) is 37.9 Å².